The smallest absolute Gasteiger partial charge is 0.138 e. The Kier molecular flexibility index (Phi) is 7.48. The number of ether oxygens (including phenoxy) is 2. The van der Waals surface area contributed by atoms with E-state index in [1.54, 1.807) is 0 Å². The average Bonchev–Trinajstić information content (AvgIpc) is 2.99. The molecule has 1 N–H and O–H groups in total. The number of ketones is 1. The van der Waals surface area contributed by atoms with Gasteiger partial charge in [0.2, 0.25) is 0 Å². The molecule has 6 heteroatoms. The summed E-state index contributed by atoms with van der Waals surface area (Å²) < 4.78 is 10.5. The second kappa shape index (κ2) is 8.86. The van der Waals surface area contributed by atoms with Crippen molar-refractivity contribution in [3.63, 3.8) is 0 Å². The molecule has 0 saturated carbocycles. The second-order valence-corrected chi connectivity index (χ2v) is 5.34. The Hall–Kier alpha value is -1.46. The van der Waals surface area contributed by atoms with Crippen molar-refractivity contribution in [2.45, 2.75) is 25.7 Å². The number of benzene rings is 1. The molecule has 22 heavy (non-hydrogen) atoms. The molecule has 0 unspecified atom stereocenters. The summed E-state index contributed by atoms with van der Waals surface area (Å²) >= 11 is 0. The summed E-state index contributed by atoms with van der Waals surface area (Å²) in [6.07, 6.45) is 3.26. The molecule has 1 aliphatic rings. The van der Waals surface area contributed by atoms with Gasteiger partial charge < -0.3 is 19.5 Å². The first kappa shape index (κ1) is 18.6. The molecule has 5 nitrogen and oxygen atoms in total. The van der Waals surface area contributed by atoms with Crippen molar-refractivity contribution in [2.75, 3.05) is 33.9 Å². The van der Waals surface area contributed by atoms with E-state index in [4.69, 9.17) is 9.47 Å². The monoisotopic (exact) mass is 329 g/mol. The molecule has 1 fully saturated rings. The first-order chi connectivity index (χ1) is 10.1. The van der Waals surface area contributed by atoms with Crippen LogP contribution in [0.3, 0.4) is 0 Å². The minimum atomic E-state index is 0. The molecule has 2 rings (SSSR count). The molecule has 1 heterocycles. The van der Waals surface area contributed by atoms with Crippen LogP contribution in [0.1, 0.15) is 24.8 Å². The number of Topliss-reactive ketones (excluding diaryl/α,β-unsaturated/α-hetero) is 1. The van der Waals surface area contributed by atoms with E-state index in [0.29, 0.717) is 23.5 Å². The SMILES string of the molecule is COc1cc(O)cc(OC)c1CC(=O)CCN1CCCC1.Cl. The van der Waals surface area contributed by atoms with E-state index in [2.05, 4.69) is 4.90 Å². The van der Waals surface area contributed by atoms with Gasteiger partial charge in [-0.05, 0) is 25.9 Å². The third-order valence-electron chi connectivity index (χ3n) is 3.87. The van der Waals surface area contributed by atoms with Gasteiger partial charge >= 0.3 is 0 Å². The lowest BCUT2D eigenvalue weighted by Crippen LogP contribution is -2.23. The summed E-state index contributed by atoms with van der Waals surface area (Å²) in [5.74, 6) is 1.20. The lowest BCUT2D eigenvalue weighted by Gasteiger charge is -2.15. The Morgan fingerprint density at radius 2 is 1.73 bits per heavy atom. The van der Waals surface area contributed by atoms with Crippen molar-refractivity contribution in [3.05, 3.63) is 17.7 Å². The summed E-state index contributed by atoms with van der Waals surface area (Å²) in [5.41, 5.74) is 0.698. The topological polar surface area (TPSA) is 59.0 Å². The minimum Gasteiger partial charge on any atom is -0.508 e. The third-order valence-corrected chi connectivity index (χ3v) is 3.87. The Morgan fingerprint density at radius 3 is 2.23 bits per heavy atom. The fraction of sp³-hybridized carbons (Fsp3) is 0.562. The highest BCUT2D eigenvalue weighted by Crippen LogP contribution is 2.34. The number of aromatic hydroxyl groups is 1. The molecule has 0 aromatic heterocycles. The number of carbonyl (C=O) groups excluding carboxylic acids is 1. The minimum absolute atomic E-state index is 0. The van der Waals surface area contributed by atoms with Crippen LogP contribution in [-0.4, -0.2) is 49.6 Å². The molecule has 1 saturated heterocycles. The van der Waals surface area contributed by atoms with Gasteiger partial charge in [0.25, 0.3) is 0 Å². The maximum Gasteiger partial charge on any atom is 0.138 e. The molecular formula is C16H24ClNO4. The molecule has 1 aromatic rings. The zero-order chi connectivity index (χ0) is 15.2. The number of phenolic OH excluding ortho intramolecular Hbond substituents is 1. The van der Waals surface area contributed by atoms with E-state index in [-0.39, 0.29) is 30.4 Å². The molecule has 0 spiro atoms. The van der Waals surface area contributed by atoms with Crippen molar-refractivity contribution in [1.82, 2.24) is 4.90 Å². The van der Waals surface area contributed by atoms with Crippen LogP contribution < -0.4 is 9.47 Å². The maximum absolute atomic E-state index is 12.2. The highest BCUT2D eigenvalue weighted by Gasteiger charge is 2.18. The molecule has 1 aliphatic heterocycles. The fourth-order valence-electron chi connectivity index (χ4n) is 2.72. The van der Waals surface area contributed by atoms with Crippen LogP contribution in [0.25, 0.3) is 0 Å². The van der Waals surface area contributed by atoms with E-state index in [9.17, 15) is 9.90 Å². The van der Waals surface area contributed by atoms with Gasteiger partial charge in [0.05, 0.1) is 14.2 Å². The van der Waals surface area contributed by atoms with Crippen molar-refractivity contribution < 1.29 is 19.4 Å². The summed E-state index contributed by atoms with van der Waals surface area (Å²) in [5, 5.41) is 9.61. The summed E-state index contributed by atoms with van der Waals surface area (Å²) in [6.45, 7) is 3.01. The van der Waals surface area contributed by atoms with Gasteiger partial charge in [-0.3, -0.25) is 4.79 Å². The number of nitrogens with zero attached hydrogens (tertiary/aromatic N) is 1. The van der Waals surface area contributed by atoms with Crippen LogP contribution in [0.4, 0.5) is 0 Å². The van der Waals surface area contributed by atoms with Crippen LogP contribution in [0.5, 0.6) is 17.2 Å². The zero-order valence-corrected chi connectivity index (χ0v) is 13.9. The van der Waals surface area contributed by atoms with Crippen molar-refractivity contribution in [3.8, 4) is 17.2 Å². The van der Waals surface area contributed by atoms with Crippen LogP contribution in [0.15, 0.2) is 12.1 Å². The Morgan fingerprint density at radius 1 is 1.18 bits per heavy atom. The Labute approximate surface area is 137 Å². The number of hydrogen-bond acceptors (Lipinski definition) is 5. The Bertz CT molecular complexity index is 476. The van der Waals surface area contributed by atoms with Gasteiger partial charge in [-0.25, -0.2) is 0 Å². The highest BCUT2D eigenvalue weighted by atomic mass is 35.5. The third kappa shape index (κ3) is 4.78. The quantitative estimate of drug-likeness (QED) is 0.832. The van der Waals surface area contributed by atoms with E-state index in [1.165, 1.54) is 39.2 Å². The van der Waals surface area contributed by atoms with Crippen molar-refractivity contribution >= 4 is 18.2 Å². The molecule has 0 amide bonds. The summed E-state index contributed by atoms with van der Waals surface area (Å²) in [7, 11) is 3.04. The fourth-order valence-corrected chi connectivity index (χ4v) is 2.72. The molecule has 0 bridgehead atoms. The number of carbonyl (C=O) groups is 1. The van der Waals surface area contributed by atoms with Crippen LogP contribution >= 0.6 is 12.4 Å². The van der Waals surface area contributed by atoms with Gasteiger partial charge in [0.15, 0.2) is 0 Å². The number of hydrogen-bond donors (Lipinski definition) is 1. The molecular weight excluding hydrogens is 306 g/mol. The molecule has 1 aromatic carbocycles. The van der Waals surface area contributed by atoms with Gasteiger partial charge in [0.1, 0.15) is 23.0 Å². The van der Waals surface area contributed by atoms with E-state index in [1.807, 2.05) is 0 Å². The first-order valence-corrected chi connectivity index (χ1v) is 7.32. The van der Waals surface area contributed by atoms with E-state index < -0.39 is 0 Å². The Balaban J connectivity index is 0.00000242. The van der Waals surface area contributed by atoms with Gasteiger partial charge in [0, 0.05) is 37.1 Å². The van der Waals surface area contributed by atoms with Crippen LogP contribution in [0.2, 0.25) is 0 Å². The van der Waals surface area contributed by atoms with Crippen LogP contribution in [-0.2, 0) is 11.2 Å². The number of likely N-dealkylation sites (tertiary alicyclic amines) is 1. The molecule has 0 radical (unpaired) electrons. The number of methoxy groups -OCH3 is 2. The summed E-state index contributed by atoms with van der Waals surface area (Å²) in [4.78, 5) is 14.5. The molecule has 0 aliphatic carbocycles. The predicted octanol–water partition coefficient (Wildman–Crippen LogP) is 2.43. The highest BCUT2D eigenvalue weighted by molar-refractivity contribution is 5.85. The van der Waals surface area contributed by atoms with E-state index >= 15 is 0 Å². The van der Waals surface area contributed by atoms with E-state index in [0.717, 1.165) is 19.6 Å². The first-order valence-electron chi connectivity index (χ1n) is 7.32. The van der Waals surface area contributed by atoms with Gasteiger partial charge in [-0.15, -0.1) is 12.4 Å². The largest absolute Gasteiger partial charge is 0.508 e. The van der Waals surface area contributed by atoms with Crippen molar-refractivity contribution in [2.24, 2.45) is 0 Å². The maximum atomic E-state index is 12.2. The van der Waals surface area contributed by atoms with Gasteiger partial charge in [-0.1, -0.05) is 0 Å². The standard InChI is InChI=1S/C16H23NO4.ClH/c1-20-15-10-13(19)11-16(21-2)14(15)9-12(18)5-8-17-6-3-4-7-17;/h10-11,19H,3-9H2,1-2H3;1H. The second-order valence-electron chi connectivity index (χ2n) is 5.34. The number of halogens is 1. The molecule has 124 valence electrons. The van der Waals surface area contributed by atoms with Crippen molar-refractivity contribution in [1.29, 1.82) is 0 Å². The number of rotatable bonds is 7. The van der Waals surface area contributed by atoms with Gasteiger partial charge in [-0.2, -0.15) is 0 Å². The lowest BCUT2D eigenvalue weighted by molar-refractivity contribution is -0.118. The average molecular weight is 330 g/mol. The zero-order valence-electron chi connectivity index (χ0n) is 13.1. The predicted molar refractivity (Wildman–Crippen MR) is 87.5 cm³/mol. The number of phenols is 1. The van der Waals surface area contributed by atoms with Crippen LogP contribution in [0, 0.1) is 0 Å². The lowest BCUT2D eigenvalue weighted by atomic mass is 10.0. The summed E-state index contributed by atoms with van der Waals surface area (Å²) in [6, 6.07) is 3.01. The molecule has 0 atom stereocenters. The normalized spacial score (nSPS) is 14.5.